The third kappa shape index (κ3) is 3.19. The monoisotopic (exact) mass is 378 g/mol. The molecular weight excluding hydrogens is 356 g/mol. The summed E-state index contributed by atoms with van der Waals surface area (Å²) in [6, 6.07) is 12.9. The number of benzene rings is 2. The van der Waals surface area contributed by atoms with Crippen LogP contribution in [0.25, 0.3) is 10.9 Å². The van der Waals surface area contributed by atoms with Crippen LogP contribution < -0.4 is 21.5 Å². The Kier molecular flexibility index (Phi) is 4.50. The van der Waals surface area contributed by atoms with E-state index in [1.807, 2.05) is 49.3 Å². The summed E-state index contributed by atoms with van der Waals surface area (Å²) >= 11 is 0. The molecule has 3 aromatic rings. The van der Waals surface area contributed by atoms with Gasteiger partial charge in [-0.1, -0.05) is 18.2 Å². The van der Waals surface area contributed by atoms with Gasteiger partial charge in [-0.05, 0) is 42.2 Å². The van der Waals surface area contributed by atoms with Crippen molar-refractivity contribution in [2.45, 2.75) is 13.0 Å². The molecule has 7 heteroatoms. The molecule has 7 nitrogen and oxygen atoms in total. The normalized spacial score (nSPS) is 15.4. The zero-order valence-electron chi connectivity index (χ0n) is 15.9. The lowest BCUT2D eigenvalue weighted by Gasteiger charge is -2.26. The van der Waals surface area contributed by atoms with E-state index in [2.05, 4.69) is 10.3 Å². The maximum Gasteiger partial charge on any atom is 0.328 e. The molecule has 28 heavy (non-hydrogen) atoms. The zero-order valence-corrected chi connectivity index (χ0v) is 15.9. The summed E-state index contributed by atoms with van der Waals surface area (Å²) in [5.74, 6) is -0.0656. The van der Waals surface area contributed by atoms with Gasteiger partial charge < -0.3 is 10.2 Å². The van der Waals surface area contributed by atoms with Gasteiger partial charge in [-0.25, -0.2) is 4.79 Å². The van der Waals surface area contributed by atoms with Crippen LogP contribution in [0.15, 0.2) is 52.1 Å². The maximum absolute atomic E-state index is 12.6. The smallest absolute Gasteiger partial charge is 0.328 e. The minimum absolute atomic E-state index is 0.0719. The average molecular weight is 378 g/mol. The number of carbonyl (C=O) groups excluding carboxylic acids is 1. The van der Waals surface area contributed by atoms with Gasteiger partial charge in [0.15, 0.2) is 0 Å². The SMILES string of the molecule is CN(C)c1cccc(C(=O)NCC2Cc3cccc4c(=O)[nH]c(=O)n(c34)C2)c1. The largest absolute Gasteiger partial charge is 0.378 e. The number of para-hydroxylation sites is 1. The van der Waals surface area contributed by atoms with Gasteiger partial charge in [0.05, 0.1) is 10.9 Å². The predicted molar refractivity (Wildman–Crippen MR) is 109 cm³/mol. The van der Waals surface area contributed by atoms with Gasteiger partial charge in [-0.3, -0.25) is 19.1 Å². The number of hydrogen-bond donors (Lipinski definition) is 2. The Balaban J connectivity index is 1.53. The highest BCUT2D eigenvalue weighted by Crippen LogP contribution is 2.24. The molecule has 0 saturated heterocycles. The summed E-state index contributed by atoms with van der Waals surface area (Å²) in [5.41, 5.74) is 2.47. The number of nitrogens with one attached hydrogen (secondary N) is 2. The van der Waals surface area contributed by atoms with E-state index in [1.165, 1.54) is 0 Å². The Morgan fingerprint density at radius 2 is 2.00 bits per heavy atom. The van der Waals surface area contributed by atoms with E-state index >= 15 is 0 Å². The van der Waals surface area contributed by atoms with Gasteiger partial charge in [-0.15, -0.1) is 0 Å². The molecule has 1 unspecified atom stereocenters. The van der Waals surface area contributed by atoms with Crippen molar-refractivity contribution in [2.24, 2.45) is 5.92 Å². The van der Waals surface area contributed by atoms with Crippen LogP contribution in [0.1, 0.15) is 15.9 Å². The minimum Gasteiger partial charge on any atom is -0.378 e. The van der Waals surface area contributed by atoms with Crippen molar-refractivity contribution in [2.75, 3.05) is 25.5 Å². The van der Waals surface area contributed by atoms with Crippen molar-refractivity contribution in [3.63, 3.8) is 0 Å². The molecule has 1 aliphatic rings. The van der Waals surface area contributed by atoms with Crippen LogP contribution >= 0.6 is 0 Å². The van der Waals surface area contributed by atoms with Gasteiger partial charge in [0.2, 0.25) is 0 Å². The molecule has 1 amide bonds. The summed E-state index contributed by atoms with van der Waals surface area (Å²) in [6.45, 7) is 0.910. The first kappa shape index (κ1) is 18.0. The molecule has 2 heterocycles. The highest BCUT2D eigenvalue weighted by atomic mass is 16.2. The van der Waals surface area contributed by atoms with Gasteiger partial charge in [0, 0.05) is 38.4 Å². The number of aromatic nitrogens is 2. The lowest BCUT2D eigenvalue weighted by molar-refractivity contribution is 0.0945. The molecule has 0 spiro atoms. The first-order valence-electron chi connectivity index (χ1n) is 9.24. The zero-order chi connectivity index (χ0) is 19.8. The van der Waals surface area contributed by atoms with E-state index in [9.17, 15) is 14.4 Å². The fraction of sp³-hybridized carbons (Fsp3) is 0.286. The molecular formula is C21H22N4O3. The summed E-state index contributed by atoms with van der Waals surface area (Å²) in [6.07, 6.45) is 0.707. The molecule has 1 atom stereocenters. The van der Waals surface area contributed by atoms with E-state index in [1.54, 1.807) is 16.7 Å². The molecule has 1 aliphatic heterocycles. The Bertz CT molecular complexity index is 1180. The summed E-state index contributed by atoms with van der Waals surface area (Å²) < 4.78 is 1.61. The van der Waals surface area contributed by atoms with Crippen LogP contribution in [0.2, 0.25) is 0 Å². The van der Waals surface area contributed by atoms with Crippen molar-refractivity contribution < 1.29 is 4.79 Å². The molecule has 0 aliphatic carbocycles. The number of amides is 1. The third-order valence-corrected chi connectivity index (χ3v) is 5.23. The standard InChI is InChI=1S/C21H22N4O3/c1-24(2)16-7-3-6-15(10-16)19(26)22-11-13-9-14-5-4-8-17-18(14)25(12-13)21(28)23-20(17)27/h3-8,10,13H,9,11-12H2,1-2H3,(H,22,26)(H,23,27,28). The molecule has 2 N–H and O–H groups in total. The van der Waals surface area contributed by atoms with Crippen LogP contribution in [0.5, 0.6) is 0 Å². The lowest BCUT2D eigenvalue weighted by atomic mass is 9.93. The Morgan fingerprint density at radius 1 is 1.21 bits per heavy atom. The van der Waals surface area contributed by atoms with E-state index in [4.69, 9.17) is 0 Å². The molecule has 0 radical (unpaired) electrons. The first-order chi connectivity index (χ1) is 13.4. The topological polar surface area (TPSA) is 87.2 Å². The second-order valence-electron chi connectivity index (χ2n) is 7.41. The summed E-state index contributed by atoms with van der Waals surface area (Å²) in [4.78, 5) is 41.2. The molecule has 2 aromatic carbocycles. The number of nitrogens with zero attached hydrogens (tertiary/aromatic N) is 2. The number of anilines is 1. The lowest BCUT2D eigenvalue weighted by Crippen LogP contribution is -2.39. The number of H-pyrrole nitrogens is 1. The molecule has 0 saturated carbocycles. The van der Waals surface area contributed by atoms with Gasteiger partial charge in [0.25, 0.3) is 11.5 Å². The fourth-order valence-corrected chi connectivity index (χ4v) is 3.80. The second-order valence-corrected chi connectivity index (χ2v) is 7.41. The highest BCUT2D eigenvalue weighted by molar-refractivity contribution is 5.95. The number of carbonyl (C=O) groups is 1. The molecule has 0 fully saturated rings. The third-order valence-electron chi connectivity index (χ3n) is 5.23. The van der Waals surface area contributed by atoms with Gasteiger partial charge >= 0.3 is 5.69 Å². The average Bonchev–Trinajstić information content (AvgIpc) is 2.70. The van der Waals surface area contributed by atoms with Crippen LogP contribution in [0.4, 0.5) is 5.69 Å². The van der Waals surface area contributed by atoms with Crippen LogP contribution in [-0.4, -0.2) is 36.1 Å². The van der Waals surface area contributed by atoms with Crippen molar-refractivity contribution in [3.8, 4) is 0 Å². The molecule has 144 valence electrons. The minimum atomic E-state index is -0.403. The predicted octanol–water partition coefficient (Wildman–Crippen LogP) is 1.36. The summed E-state index contributed by atoms with van der Waals surface area (Å²) in [7, 11) is 3.86. The fourth-order valence-electron chi connectivity index (χ4n) is 3.80. The second kappa shape index (κ2) is 6.99. The van der Waals surface area contributed by atoms with E-state index in [-0.39, 0.29) is 17.4 Å². The quantitative estimate of drug-likeness (QED) is 0.718. The van der Waals surface area contributed by atoms with Gasteiger partial charge in [0.1, 0.15) is 0 Å². The van der Waals surface area contributed by atoms with Crippen LogP contribution in [0.3, 0.4) is 0 Å². The Labute approximate surface area is 161 Å². The van der Waals surface area contributed by atoms with E-state index in [0.717, 1.165) is 11.3 Å². The van der Waals surface area contributed by atoms with Gasteiger partial charge in [-0.2, -0.15) is 0 Å². The van der Waals surface area contributed by atoms with Crippen molar-refractivity contribution >= 4 is 22.5 Å². The van der Waals surface area contributed by atoms with E-state index in [0.29, 0.717) is 36.0 Å². The van der Waals surface area contributed by atoms with Crippen molar-refractivity contribution in [3.05, 3.63) is 74.4 Å². The highest BCUT2D eigenvalue weighted by Gasteiger charge is 2.23. The van der Waals surface area contributed by atoms with Crippen LogP contribution in [-0.2, 0) is 13.0 Å². The van der Waals surface area contributed by atoms with Crippen molar-refractivity contribution in [1.29, 1.82) is 0 Å². The molecule has 4 rings (SSSR count). The van der Waals surface area contributed by atoms with Crippen molar-refractivity contribution in [1.82, 2.24) is 14.9 Å². The van der Waals surface area contributed by atoms with Crippen LogP contribution in [0, 0.1) is 5.92 Å². The number of aromatic amines is 1. The maximum atomic E-state index is 12.6. The Hall–Kier alpha value is -3.35. The number of hydrogen-bond acceptors (Lipinski definition) is 4. The Morgan fingerprint density at radius 3 is 2.79 bits per heavy atom. The molecule has 1 aromatic heterocycles. The summed E-state index contributed by atoms with van der Waals surface area (Å²) in [5, 5.41) is 3.51. The first-order valence-corrected chi connectivity index (χ1v) is 9.24. The van der Waals surface area contributed by atoms with E-state index < -0.39 is 5.69 Å². The molecule has 0 bridgehead atoms. The number of rotatable bonds is 4.